The molecule has 1 atom stereocenters. The molecule has 0 radical (unpaired) electrons. The Morgan fingerprint density at radius 1 is 1.03 bits per heavy atom. The van der Waals surface area contributed by atoms with Crippen molar-refractivity contribution >= 4 is 35.6 Å². The van der Waals surface area contributed by atoms with Gasteiger partial charge in [0, 0.05) is 11.1 Å². The SMILES string of the molecule is CCOC(=O)C(C/C=C/C(=O)OC)(C(=O)OCC)[C@H](NC(=O)OC(C)(C)C)c1ccccc1Cl. The molecule has 1 amide bonds. The Kier molecular flexibility index (Phi) is 11.1. The number of carbonyl (C=O) groups is 4. The molecule has 0 aromatic heterocycles. The van der Waals surface area contributed by atoms with Gasteiger partial charge in [-0.15, -0.1) is 0 Å². The summed E-state index contributed by atoms with van der Waals surface area (Å²) in [5, 5.41) is 2.78. The van der Waals surface area contributed by atoms with Gasteiger partial charge in [-0.1, -0.05) is 35.9 Å². The van der Waals surface area contributed by atoms with Crippen molar-refractivity contribution in [3.05, 3.63) is 47.0 Å². The molecule has 9 nitrogen and oxygen atoms in total. The summed E-state index contributed by atoms with van der Waals surface area (Å²) >= 11 is 6.42. The molecule has 1 aromatic rings. The minimum atomic E-state index is -2.14. The molecule has 0 saturated heterocycles. The first-order valence-corrected chi connectivity index (χ1v) is 11.1. The first kappa shape index (κ1) is 29.0. The van der Waals surface area contributed by atoms with E-state index in [0.29, 0.717) is 0 Å². The molecule has 0 aliphatic carbocycles. The largest absolute Gasteiger partial charge is 0.466 e. The van der Waals surface area contributed by atoms with Crippen molar-refractivity contribution in [2.45, 2.75) is 52.7 Å². The number of rotatable bonds is 10. The Hall–Kier alpha value is -3.07. The van der Waals surface area contributed by atoms with Crippen LogP contribution in [0.15, 0.2) is 36.4 Å². The topological polar surface area (TPSA) is 117 Å². The average molecular weight is 498 g/mol. The van der Waals surface area contributed by atoms with E-state index in [1.165, 1.54) is 13.2 Å². The summed E-state index contributed by atoms with van der Waals surface area (Å²) < 4.78 is 20.5. The number of amides is 1. The fraction of sp³-hybridized carbons (Fsp3) is 0.500. The predicted octanol–water partition coefficient (Wildman–Crippen LogP) is 4.14. The molecular weight excluding hydrogens is 466 g/mol. The highest BCUT2D eigenvalue weighted by Crippen LogP contribution is 2.43. The first-order valence-electron chi connectivity index (χ1n) is 10.8. The lowest BCUT2D eigenvalue weighted by atomic mass is 9.73. The Balaban J connectivity index is 3.81. The van der Waals surface area contributed by atoms with Gasteiger partial charge in [-0.05, 0) is 52.7 Å². The number of ether oxygens (including phenoxy) is 4. The smallest absolute Gasteiger partial charge is 0.408 e. The van der Waals surface area contributed by atoms with Gasteiger partial charge in [-0.25, -0.2) is 9.59 Å². The molecule has 34 heavy (non-hydrogen) atoms. The van der Waals surface area contributed by atoms with Crippen LogP contribution in [0.1, 0.15) is 52.6 Å². The van der Waals surface area contributed by atoms with Gasteiger partial charge >= 0.3 is 24.0 Å². The summed E-state index contributed by atoms with van der Waals surface area (Å²) in [6, 6.07) is 5.03. The van der Waals surface area contributed by atoms with Crippen molar-refractivity contribution < 1.29 is 38.1 Å². The second-order valence-electron chi connectivity index (χ2n) is 8.14. The van der Waals surface area contributed by atoms with Crippen LogP contribution in [0.25, 0.3) is 0 Å². The maximum atomic E-state index is 13.4. The van der Waals surface area contributed by atoms with Crippen molar-refractivity contribution in [1.82, 2.24) is 5.32 Å². The van der Waals surface area contributed by atoms with Crippen LogP contribution in [0.4, 0.5) is 4.79 Å². The summed E-state index contributed by atoms with van der Waals surface area (Å²) in [7, 11) is 1.19. The van der Waals surface area contributed by atoms with Gasteiger partial charge in [-0.3, -0.25) is 9.59 Å². The molecule has 0 unspecified atom stereocenters. The van der Waals surface area contributed by atoms with Crippen LogP contribution in [-0.2, 0) is 33.3 Å². The number of benzene rings is 1. The van der Waals surface area contributed by atoms with Crippen LogP contribution in [0.2, 0.25) is 5.02 Å². The van der Waals surface area contributed by atoms with E-state index in [-0.39, 0.29) is 30.2 Å². The van der Waals surface area contributed by atoms with Gasteiger partial charge in [-0.2, -0.15) is 0 Å². The number of methoxy groups -OCH3 is 1. The minimum Gasteiger partial charge on any atom is -0.466 e. The lowest BCUT2D eigenvalue weighted by Crippen LogP contribution is -2.53. The van der Waals surface area contributed by atoms with Crippen LogP contribution in [0.3, 0.4) is 0 Å². The lowest BCUT2D eigenvalue weighted by molar-refractivity contribution is -0.174. The van der Waals surface area contributed by atoms with Crippen LogP contribution >= 0.6 is 11.6 Å². The van der Waals surface area contributed by atoms with Gasteiger partial charge in [0.15, 0.2) is 5.41 Å². The lowest BCUT2D eigenvalue weighted by Gasteiger charge is -2.37. The van der Waals surface area contributed by atoms with E-state index in [9.17, 15) is 19.2 Å². The molecule has 0 aliphatic rings. The summed E-state index contributed by atoms with van der Waals surface area (Å²) in [4.78, 5) is 51.3. The monoisotopic (exact) mass is 497 g/mol. The van der Waals surface area contributed by atoms with E-state index >= 15 is 0 Å². The van der Waals surface area contributed by atoms with Gasteiger partial charge in [0.25, 0.3) is 0 Å². The molecule has 0 spiro atoms. The Morgan fingerprint density at radius 3 is 2.06 bits per heavy atom. The molecule has 1 rings (SSSR count). The second kappa shape index (κ2) is 13.0. The minimum absolute atomic E-state index is 0.0532. The van der Waals surface area contributed by atoms with Gasteiger partial charge in [0.2, 0.25) is 0 Å². The van der Waals surface area contributed by atoms with Crippen molar-refractivity contribution in [1.29, 1.82) is 0 Å². The van der Waals surface area contributed by atoms with Crippen LogP contribution in [0.5, 0.6) is 0 Å². The third-order valence-electron chi connectivity index (χ3n) is 4.54. The third-order valence-corrected chi connectivity index (χ3v) is 4.89. The number of esters is 3. The molecule has 0 heterocycles. The van der Waals surface area contributed by atoms with Crippen molar-refractivity contribution in [2.75, 3.05) is 20.3 Å². The van der Waals surface area contributed by atoms with E-state index in [4.69, 9.17) is 25.8 Å². The van der Waals surface area contributed by atoms with Crippen LogP contribution < -0.4 is 5.32 Å². The quantitative estimate of drug-likeness (QED) is 0.222. The highest BCUT2D eigenvalue weighted by molar-refractivity contribution is 6.31. The molecule has 0 bridgehead atoms. The standard InChI is InChI=1S/C24H32ClNO8/c1-7-32-20(28)24(21(29)33-8-2,15-11-14-18(27)31-6)19(16-12-9-10-13-17(16)25)26-22(30)34-23(3,4)5/h9-14,19H,7-8,15H2,1-6H3,(H,26,30)/b14-11+/t19-/m1/s1. The van der Waals surface area contributed by atoms with Gasteiger partial charge in [0.1, 0.15) is 5.60 Å². The summed E-state index contributed by atoms with van der Waals surface area (Å²) in [6.45, 7) is 8.04. The zero-order chi connectivity index (χ0) is 25.9. The number of hydrogen-bond donors (Lipinski definition) is 1. The van der Waals surface area contributed by atoms with Gasteiger partial charge in [0.05, 0.1) is 26.4 Å². The molecule has 0 aliphatic heterocycles. The normalized spacial score (nSPS) is 12.6. The van der Waals surface area contributed by atoms with E-state index in [0.717, 1.165) is 6.08 Å². The number of nitrogens with one attached hydrogen (secondary N) is 1. The Bertz CT molecular complexity index is 888. The average Bonchev–Trinajstić information content (AvgIpc) is 2.75. The summed E-state index contributed by atoms with van der Waals surface area (Å²) in [5.41, 5.74) is -2.75. The maximum Gasteiger partial charge on any atom is 0.408 e. The first-order chi connectivity index (χ1) is 15.9. The number of hydrogen-bond acceptors (Lipinski definition) is 8. The van der Waals surface area contributed by atoms with E-state index in [2.05, 4.69) is 10.1 Å². The second-order valence-corrected chi connectivity index (χ2v) is 8.55. The van der Waals surface area contributed by atoms with Crippen molar-refractivity contribution in [3.63, 3.8) is 0 Å². The number of halogens is 1. The summed E-state index contributed by atoms with van der Waals surface area (Å²) in [5.74, 6) is -2.64. The van der Waals surface area contributed by atoms with Crippen LogP contribution in [-0.4, -0.2) is 49.9 Å². The zero-order valence-electron chi connectivity index (χ0n) is 20.3. The van der Waals surface area contributed by atoms with E-state index in [1.54, 1.807) is 58.9 Å². The molecule has 0 saturated carbocycles. The summed E-state index contributed by atoms with van der Waals surface area (Å²) in [6.07, 6.45) is 1.07. The Labute approximate surface area is 204 Å². The molecule has 1 N–H and O–H groups in total. The number of carbonyl (C=O) groups excluding carboxylic acids is 4. The molecule has 188 valence electrons. The Morgan fingerprint density at radius 2 is 1.59 bits per heavy atom. The van der Waals surface area contributed by atoms with Crippen molar-refractivity contribution in [3.8, 4) is 0 Å². The van der Waals surface area contributed by atoms with E-state index < -0.39 is 41.1 Å². The predicted molar refractivity (Wildman–Crippen MR) is 125 cm³/mol. The molecule has 10 heteroatoms. The fourth-order valence-corrected chi connectivity index (χ4v) is 3.38. The number of alkyl carbamates (subject to hydrolysis) is 1. The number of allylic oxidation sites excluding steroid dienone is 1. The maximum absolute atomic E-state index is 13.4. The van der Waals surface area contributed by atoms with Crippen molar-refractivity contribution in [2.24, 2.45) is 5.41 Å². The van der Waals surface area contributed by atoms with E-state index in [1.807, 2.05) is 0 Å². The molecule has 0 fully saturated rings. The van der Waals surface area contributed by atoms with Gasteiger partial charge < -0.3 is 24.3 Å². The fourth-order valence-electron chi connectivity index (χ4n) is 3.13. The highest BCUT2D eigenvalue weighted by atomic mass is 35.5. The third kappa shape index (κ3) is 7.76. The zero-order valence-corrected chi connectivity index (χ0v) is 21.1. The van der Waals surface area contributed by atoms with Crippen LogP contribution in [0, 0.1) is 5.41 Å². The molecular formula is C24H32ClNO8. The molecule has 1 aromatic carbocycles. The highest BCUT2D eigenvalue weighted by Gasteiger charge is 2.56.